The molecule has 0 bridgehead atoms. The molecular formula is C21H27NO3. The van der Waals surface area contributed by atoms with Gasteiger partial charge in [-0.3, -0.25) is 4.79 Å². The van der Waals surface area contributed by atoms with Crippen LogP contribution in [0, 0.1) is 13.8 Å². The average molecular weight is 341 g/mol. The SMILES string of the molecule is CCOc1cc2oc(C)c(C)c2cc1/C(C)=C/C(=O)N1CCCCC1. The minimum Gasteiger partial charge on any atom is -0.493 e. The molecule has 1 aromatic heterocycles. The topological polar surface area (TPSA) is 42.7 Å². The van der Waals surface area contributed by atoms with Gasteiger partial charge in [-0.05, 0) is 64.2 Å². The minimum absolute atomic E-state index is 0.0971. The molecule has 0 radical (unpaired) electrons. The van der Waals surface area contributed by atoms with Crippen LogP contribution in [0.2, 0.25) is 0 Å². The highest BCUT2D eigenvalue weighted by Gasteiger charge is 2.17. The van der Waals surface area contributed by atoms with Crippen LogP contribution < -0.4 is 4.74 Å². The molecule has 3 rings (SSSR count). The molecule has 0 aliphatic carbocycles. The number of ether oxygens (including phenoxy) is 1. The molecule has 2 heterocycles. The summed E-state index contributed by atoms with van der Waals surface area (Å²) in [6, 6.07) is 4.03. The van der Waals surface area contributed by atoms with Crippen LogP contribution in [0.1, 0.15) is 50.0 Å². The fraction of sp³-hybridized carbons (Fsp3) is 0.476. The molecule has 0 atom stereocenters. The summed E-state index contributed by atoms with van der Waals surface area (Å²) in [6.07, 6.45) is 5.17. The van der Waals surface area contributed by atoms with Gasteiger partial charge in [0.15, 0.2) is 0 Å². The third-order valence-corrected chi connectivity index (χ3v) is 5.01. The van der Waals surface area contributed by atoms with E-state index in [9.17, 15) is 4.79 Å². The van der Waals surface area contributed by atoms with Crippen molar-refractivity contribution in [2.24, 2.45) is 0 Å². The number of amides is 1. The lowest BCUT2D eigenvalue weighted by molar-refractivity contribution is -0.126. The predicted molar refractivity (Wildman–Crippen MR) is 101 cm³/mol. The second-order valence-electron chi connectivity index (χ2n) is 6.77. The standard InChI is InChI=1S/C21H27NO3/c1-5-24-19-13-20-18(15(3)16(4)25-20)12-17(19)14(2)11-21(23)22-9-7-6-8-10-22/h11-13H,5-10H2,1-4H3/b14-11+. The highest BCUT2D eigenvalue weighted by molar-refractivity contribution is 5.97. The molecule has 1 amide bonds. The lowest BCUT2D eigenvalue weighted by atomic mass is 10.0. The number of carbonyl (C=O) groups is 1. The molecule has 4 heteroatoms. The Balaban J connectivity index is 1.99. The first-order valence-corrected chi connectivity index (χ1v) is 9.15. The van der Waals surface area contributed by atoms with Crippen LogP contribution in [0.3, 0.4) is 0 Å². The third kappa shape index (κ3) is 3.58. The summed E-state index contributed by atoms with van der Waals surface area (Å²) < 4.78 is 11.6. The van der Waals surface area contributed by atoms with Gasteiger partial charge in [0.05, 0.1) is 6.61 Å². The number of fused-ring (bicyclic) bond motifs is 1. The Hall–Kier alpha value is -2.23. The van der Waals surface area contributed by atoms with Gasteiger partial charge in [0.2, 0.25) is 5.91 Å². The monoisotopic (exact) mass is 341 g/mol. The van der Waals surface area contributed by atoms with Crippen molar-refractivity contribution in [2.45, 2.75) is 47.0 Å². The van der Waals surface area contributed by atoms with E-state index in [2.05, 4.69) is 13.0 Å². The van der Waals surface area contributed by atoms with Crippen LogP contribution in [0.15, 0.2) is 22.6 Å². The van der Waals surface area contributed by atoms with Gasteiger partial charge in [-0.1, -0.05) is 0 Å². The highest BCUT2D eigenvalue weighted by Crippen LogP contribution is 2.35. The number of carbonyl (C=O) groups excluding carboxylic acids is 1. The second kappa shape index (κ2) is 7.34. The summed E-state index contributed by atoms with van der Waals surface area (Å²) in [4.78, 5) is 14.5. The largest absolute Gasteiger partial charge is 0.493 e. The van der Waals surface area contributed by atoms with Crippen molar-refractivity contribution < 1.29 is 13.9 Å². The molecule has 0 unspecified atom stereocenters. The van der Waals surface area contributed by atoms with Crippen LogP contribution in [0.5, 0.6) is 5.75 Å². The van der Waals surface area contributed by atoms with Gasteiger partial charge in [0, 0.05) is 36.2 Å². The van der Waals surface area contributed by atoms with E-state index in [4.69, 9.17) is 9.15 Å². The summed E-state index contributed by atoms with van der Waals surface area (Å²) in [5, 5.41) is 1.08. The first kappa shape index (κ1) is 17.6. The number of piperidine rings is 1. The normalized spacial score (nSPS) is 15.7. The lowest BCUT2D eigenvalue weighted by Crippen LogP contribution is -2.34. The van der Waals surface area contributed by atoms with Gasteiger partial charge in [-0.15, -0.1) is 0 Å². The molecule has 1 aliphatic heterocycles. The lowest BCUT2D eigenvalue weighted by Gasteiger charge is -2.25. The van der Waals surface area contributed by atoms with Crippen LogP contribution in [-0.2, 0) is 4.79 Å². The van der Waals surface area contributed by atoms with Gasteiger partial charge in [0.1, 0.15) is 17.1 Å². The fourth-order valence-electron chi connectivity index (χ4n) is 3.42. The van der Waals surface area contributed by atoms with Crippen molar-refractivity contribution in [3.8, 4) is 5.75 Å². The van der Waals surface area contributed by atoms with Gasteiger partial charge in [-0.25, -0.2) is 0 Å². The minimum atomic E-state index is 0.0971. The number of likely N-dealkylation sites (tertiary alicyclic amines) is 1. The number of furan rings is 1. The predicted octanol–water partition coefficient (Wildman–Crippen LogP) is 4.86. The quantitative estimate of drug-likeness (QED) is 0.746. The zero-order valence-electron chi connectivity index (χ0n) is 15.6. The Morgan fingerprint density at radius 3 is 2.64 bits per heavy atom. The summed E-state index contributed by atoms with van der Waals surface area (Å²) in [5.74, 6) is 1.78. The number of benzene rings is 1. The second-order valence-corrected chi connectivity index (χ2v) is 6.77. The zero-order chi connectivity index (χ0) is 18.0. The Labute approximate surface area is 149 Å². The summed E-state index contributed by atoms with van der Waals surface area (Å²) in [5.41, 5.74) is 3.86. The molecule has 4 nitrogen and oxygen atoms in total. The van der Waals surface area contributed by atoms with E-state index < -0.39 is 0 Å². The maximum atomic E-state index is 12.6. The molecule has 0 saturated carbocycles. The van der Waals surface area contributed by atoms with Crippen molar-refractivity contribution in [1.82, 2.24) is 4.90 Å². The number of aryl methyl sites for hydroxylation is 2. The smallest absolute Gasteiger partial charge is 0.246 e. The van der Waals surface area contributed by atoms with E-state index in [-0.39, 0.29) is 5.91 Å². The number of hydrogen-bond donors (Lipinski definition) is 0. The van der Waals surface area contributed by atoms with Crippen molar-refractivity contribution in [2.75, 3.05) is 19.7 Å². The van der Waals surface area contributed by atoms with Crippen LogP contribution in [0.4, 0.5) is 0 Å². The molecule has 0 N–H and O–H groups in total. The van der Waals surface area contributed by atoms with E-state index in [1.54, 1.807) is 6.08 Å². The Kier molecular flexibility index (Phi) is 5.16. The van der Waals surface area contributed by atoms with Crippen molar-refractivity contribution in [3.63, 3.8) is 0 Å². The van der Waals surface area contributed by atoms with Gasteiger partial charge in [0.25, 0.3) is 0 Å². The zero-order valence-corrected chi connectivity index (χ0v) is 15.6. The first-order chi connectivity index (χ1) is 12.0. The summed E-state index contributed by atoms with van der Waals surface area (Å²) in [6.45, 7) is 10.3. The maximum absolute atomic E-state index is 12.6. The molecule has 134 valence electrons. The summed E-state index contributed by atoms with van der Waals surface area (Å²) >= 11 is 0. The Morgan fingerprint density at radius 1 is 1.24 bits per heavy atom. The number of hydrogen-bond acceptors (Lipinski definition) is 3. The molecule has 1 saturated heterocycles. The van der Waals surface area contributed by atoms with E-state index in [0.717, 1.165) is 65.1 Å². The van der Waals surface area contributed by atoms with E-state index in [1.165, 1.54) is 6.42 Å². The molecule has 2 aromatic rings. The third-order valence-electron chi connectivity index (χ3n) is 5.01. The number of rotatable bonds is 4. The number of allylic oxidation sites excluding steroid dienone is 1. The van der Waals surface area contributed by atoms with Crippen molar-refractivity contribution in [3.05, 3.63) is 35.1 Å². The Morgan fingerprint density at radius 2 is 1.96 bits per heavy atom. The molecular weight excluding hydrogens is 314 g/mol. The van der Waals surface area contributed by atoms with Crippen molar-refractivity contribution in [1.29, 1.82) is 0 Å². The molecule has 25 heavy (non-hydrogen) atoms. The molecule has 1 aliphatic rings. The maximum Gasteiger partial charge on any atom is 0.246 e. The Bertz CT molecular complexity index is 810. The highest BCUT2D eigenvalue weighted by atomic mass is 16.5. The van der Waals surface area contributed by atoms with Crippen molar-refractivity contribution >= 4 is 22.4 Å². The van der Waals surface area contributed by atoms with Crippen LogP contribution >= 0.6 is 0 Å². The first-order valence-electron chi connectivity index (χ1n) is 9.15. The summed E-state index contributed by atoms with van der Waals surface area (Å²) in [7, 11) is 0. The van der Waals surface area contributed by atoms with E-state index in [0.29, 0.717) is 6.61 Å². The van der Waals surface area contributed by atoms with Gasteiger partial charge >= 0.3 is 0 Å². The molecule has 1 aromatic carbocycles. The van der Waals surface area contributed by atoms with Crippen LogP contribution in [0.25, 0.3) is 16.5 Å². The number of nitrogens with zero attached hydrogens (tertiary/aromatic N) is 1. The van der Waals surface area contributed by atoms with Crippen LogP contribution in [-0.4, -0.2) is 30.5 Å². The van der Waals surface area contributed by atoms with Gasteiger partial charge < -0.3 is 14.1 Å². The molecule has 1 fully saturated rings. The van der Waals surface area contributed by atoms with E-state index >= 15 is 0 Å². The van der Waals surface area contributed by atoms with E-state index in [1.807, 2.05) is 31.7 Å². The fourth-order valence-corrected chi connectivity index (χ4v) is 3.42. The average Bonchev–Trinajstić information content (AvgIpc) is 2.89. The molecule has 0 spiro atoms. The van der Waals surface area contributed by atoms with Gasteiger partial charge in [-0.2, -0.15) is 0 Å².